The van der Waals surface area contributed by atoms with Crippen LogP contribution in [0.1, 0.15) is 75.3 Å². The molecule has 35 heavy (non-hydrogen) atoms. The molecule has 2 atom stereocenters. The molecule has 1 aliphatic rings. The number of aryl methyl sites for hydroxylation is 1. The predicted octanol–water partition coefficient (Wildman–Crippen LogP) is 5.18. The lowest BCUT2D eigenvalue weighted by Crippen LogP contribution is -2.45. The Morgan fingerprint density at radius 1 is 1.09 bits per heavy atom. The van der Waals surface area contributed by atoms with Gasteiger partial charge in [-0.3, -0.25) is 4.79 Å². The molecule has 0 aromatic heterocycles. The van der Waals surface area contributed by atoms with E-state index < -0.39 is 6.10 Å². The number of fused-ring (bicyclic) bond motifs is 1. The molecular weight excluding hydrogens is 438 g/mol. The van der Waals surface area contributed by atoms with E-state index in [2.05, 4.69) is 56.4 Å². The van der Waals surface area contributed by atoms with Crippen molar-refractivity contribution in [3.05, 3.63) is 70.8 Å². The molecule has 0 unspecified atom stereocenters. The summed E-state index contributed by atoms with van der Waals surface area (Å²) in [6.45, 7) is 9.51. The van der Waals surface area contributed by atoms with Gasteiger partial charge in [-0.15, -0.1) is 0 Å². The maximum absolute atomic E-state index is 11.8. The van der Waals surface area contributed by atoms with Gasteiger partial charge in [0.25, 0.3) is 0 Å². The molecule has 192 valence electrons. The zero-order valence-electron chi connectivity index (χ0n) is 21.9. The summed E-state index contributed by atoms with van der Waals surface area (Å²) in [7, 11) is 0. The molecule has 0 fully saturated rings. The fraction of sp³-hybridized carbons (Fsp3) is 0.567. The number of rotatable bonds is 14. The van der Waals surface area contributed by atoms with Crippen molar-refractivity contribution < 1.29 is 19.4 Å². The van der Waals surface area contributed by atoms with E-state index in [1.165, 1.54) is 11.1 Å². The first kappa shape index (κ1) is 27.4. The van der Waals surface area contributed by atoms with Crippen molar-refractivity contribution in [2.24, 2.45) is 5.92 Å². The summed E-state index contributed by atoms with van der Waals surface area (Å²) in [5.74, 6) is 0.459. The number of aliphatic hydroxyl groups is 1. The van der Waals surface area contributed by atoms with Crippen molar-refractivity contribution in [1.29, 1.82) is 0 Å². The van der Waals surface area contributed by atoms with Gasteiger partial charge in [-0.25, -0.2) is 0 Å². The van der Waals surface area contributed by atoms with Crippen molar-refractivity contribution in [2.75, 3.05) is 19.8 Å². The lowest BCUT2D eigenvalue weighted by molar-refractivity contribution is -0.143. The molecule has 5 nitrogen and oxygen atoms in total. The van der Waals surface area contributed by atoms with Crippen molar-refractivity contribution >= 4 is 5.97 Å². The number of carbonyl (C=O) groups is 1. The molecule has 0 saturated carbocycles. The van der Waals surface area contributed by atoms with Crippen molar-refractivity contribution in [1.82, 2.24) is 5.32 Å². The predicted molar refractivity (Wildman–Crippen MR) is 140 cm³/mol. The third kappa shape index (κ3) is 8.45. The third-order valence-corrected chi connectivity index (χ3v) is 6.92. The first-order valence-corrected chi connectivity index (χ1v) is 13.2. The molecule has 2 aromatic carbocycles. The van der Waals surface area contributed by atoms with E-state index in [1.807, 2.05) is 25.1 Å². The molecule has 5 heteroatoms. The SMILES string of the molecule is CCOC(=O)CCc1ccccc1[C@@H](CC)OC[C@H](O)CNC(C)(C)CC1Cc2ccccc2C1. The molecule has 0 amide bonds. The van der Waals surface area contributed by atoms with Crippen LogP contribution in [0.2, 0.25) is 0 Å². The summed E-state index contributed by atoms with van der Waals surface area (Å²) in [5.41, 5.74) is 5.08. The summed E-state index contributed by atoms with van der Waals surface area (Å²) >= 11 is 0. The summed E-state index contributed by atoms with van der Waals surface area (Å²) in [6.07, 6.45) is 4.42. The van der Waals surface area contributed by atoms with Gasteiger partial charge in [0.05, 0.1) is 25.4 Å². The molecular formula is C30H43NO4. The van der Waals surface area contributed by atoms with Gasteiger partial charge in [-0.2, -0.15) is 0 Å². The van der Waals surface area contributed by atoms with Crippen LogP contribution in [0.5, 0.6) is 0 Å². The smallest absolute Gasteiger partial charge is 0.306 e. The number of β-amino-alcohol motifs (C(OH)–C–C–N with tert-alkyl or cyclic N) is 1. The van der Waals surface area contributed by atoms with Crippen LogP contribution < -0.4 is 5.32 Å². The van der Waals surface area contributed by atoms with E-state index in [4.69, 9.17) is 9.47 Å². The van der Waals surface area contributed by atoms with Gasteiger partial charge in [0.15, 0.2) is 0 Å². The average Bonchev–Trinajstić information content (AvgIpc) is 3.24. The van der Waals surface area contributed by atoms with E-state index in [0.29, 0.717) is 31.9 Å². The highest BCUT2D eigenvalue weighted by atomic mass is 16.5. The molecule has 3 rings (SSSR count). The minimum atomic E-state index is -0.587. The zero-order valence-corrected chi connectivity index (χ0v) is 21.9. The van der Waals surface area contributed by atoms with Crippen LogP contribution in [0.25, 0.3) is 0 Å². The molecule has 0 aliphatic heterocycles. The van der Waals surface area contributed by atoms with Crippen molar-refractivity contribution in [3.63, 3.8) is 0 Å². The lowest BCUT2D eigenvalue weighted by atomic mass is 9.88. The number of hydrogen-bond donors (Lipinski definition) is 2. The molecule has 2 N–H and O–H groups in total. The maximum atomic E-state index is 11.8. The topological polar surface area (TPSA) is 67.8 Å². The van der Waals surface area contributed by atoms with Crippen LogP contribution in [0.3, 0.4) is 0 Å². The van der Waals surface area contributed by atoms with Gasteiger partial charge in [-0.05, 0) is 81.0 Å². The first-order chi connectivity index (χ1) is 16.8. The Hall–Kier alpha value is -2.21. The molecule has 0 saturated heterocycles. The molecule has 2 aromatic rings. The monoisotopic (exact) mass is 481 g/mol. The number of hydrogen-bond acceptors (Lipinski definition) is 5. The molecule has 0 spiro atoms. The summed E-state index contributed by atoms with van der Waals surface area (Å²) in [6, 6.07) is 16.8. The van der Waals surface area contributed by atoms with Crippen LogP contribution >= 0.6 is 0 Å². The standard InChI is InChI=1S/C30H43NO4/c1-5-28(27-14-10-9-11-23(27)15-16-29(33)34-6-2)35-21-26(32)20-31-30(3,4)19-22-17-24-12-7-8-13-25(24)18-22/h7-14,22,26,28,31-32H,5-6,15-21H2,1-4H3/t26-,28-/m1/s1. The van der Waals surface area contributed by atoms with Crippen LogP contribution in [-0.2, 0) is 33.5 Å². The Morgan fingerprint density at radius 2 is 1.74 bits per heavy atom. The normalized spacial score (nSPS) is 15.6. The van der Waals surface area contributed by atoms with Crippen LogP contribution in [0.15, 0.2) is 48.5 Å². The Kier molecular flexibility index (Phi) is 10.3. The minimum absolute atomic E-state index is 0.0580. The van der Waals surface area contributed by atoms with Gasteiger partial charge in [0.1, 0.15) is 0 Å². The highest BCUT2D eigenvalue weighted by Crippen LogP contribution is 2.32. The number of aliphatic hydroxyl groups excluding tert-OH is 1. The fourth-order valence-corrected chi connectivity index (χ4v) is 5.24. The number of nitrogens with one attached hydrogen (secondary N) is 1. The third-order valence-electron chi connectivity index (χ3n) is 6.92. The molecule has 1 aliphatic carbocycles. The summed E-state index contributed by atoms with van der Waals surface area (Å²) in [4.78, 5) is 11.8. The number of benzene rings is 2. The zero-order chi connectivity index (χ0) is 25.3. The largest absolute Gasteiger partial charge is 0.466 e. The second-order valence-corrected chi connectivity index (χ2v) is 10.4. The Morgan fingerprint density at radius 3 is 2.40 bits per heavy atom. The highest BCUT2D eigenvalue weighted by Gasteiger charge is 2.28. The minimum Gasteiger partial charge on any atom is -0.466 e. The van der Waals surface area contributed by atoms with E-state index in [0.717, 1.165) is 36.8 Å². The van der Waals surface area contributed by atoms with Gasteiger partial charge in [-0.1, -0.05) is 55.5 Å². The fourth-order valence-electron chi connectivity index (χ4n) is 5.24. The van der Waals surface area contributed by atoms with E-state index in [9.17, 15) is 9.90 Å². The van der Waals surface area contributed by atoms with Gasteiger partial charge in [0, 0.05) is 18.5 Å². The van der Waals surface area contributed by atoms with Gasteiger partial charge in [0.2, 0.25) is 0 Å². The van der Waals surface area contributed by atoms with Crippen molar-refractivity contribution in [3.8, 4) is 0 Å². The second kappa shape index (κ2) is 13.2. The number of carbonyl (C=O) groups excluding carboxylic acids is 1. The Labute approximate surface area is 211 Å². The van der Waals surface area contributed by atoms with E-state index in [1.54, 1.807) is 0 Å². The van der Waals surface area contributed by atoms with Crippen molar-refractivity contribution in [2.45, 2.75) is 84.0 Å². The average molecular weight is 482 g/mol. The molecule has 0 bridgehead atoms. The van der Waals surface area contributed by atoms with Gasteiger partial charge >= 0.3 is 5.97 Å². The molecule has 0 radical (unpaired) electrons. The van der Waals surface area contributed by atoms with Crippen LogP contribution in [-0.4, -0.2) is 42.5 Å². The quantitative estimate of drug-likeness (QED) is 0.364. The lowest BCUT2D eigenvalue weighted by Gasteiger charge is -2.31. The maximum Gasteiger partial charge on any atom is 0.306 e. The second-order valence-electron chi connectivity index (χ2n) is 10.4. The van der Waals surface area contributed by atoms with E-state index in [-0.39, 0.29) is 24.2 Å². The van der Waals surface area contributed by atoms with Crippen LogP contribution in [0.4, 0.5) is 0 Å². The van der Waals surface area contributed by atoms with Gasteiger partial charge < -0.3 is 19.9 Å². The Bertz CT molecular complexity index is 916. The number of ether oxygens (including phenoxy) is 2. The van der Waals surface area contributed by atoms with E-state index >= 15 is 0 Å². The molecule has 0 heterocycles. The summed E-state index contributed by atoms with van der Waals surface area (Å²) in [5, 5.41) is 14.2. The Balaban J connectivity index is 1.46. The first-order valence-electron chi connectivity index (χ1n) is 13.2. The highest BCUT2D eigenvalue weighted by molar-refractivity contribution is 5.69. The van der Waals surface area contributed by atoms with Crippen LogP contribution in [0, 0.1) is 5.92 Å². The summed E-state index contributed by atoms with van der Waals surface area (Å²) < 4.78 is 11.2. The number of esters is 1.